The van der Waals surface area contributed by atoms with Crippen LogP contribution < -0.4 is 10.1 Å². The Hall–Kier alpha value is -1.89. The predicted molar refractivity (Wildman–Crippen MR) is 125 cm³/mol. The summed E-state index contributed by atoms with van der Waals surface area (Å²) < 4.78 is 16.2. The van der Waals surface area contributed by atoms with Crippen molar-refractivity contribution in [3.8, 4) is 5.75 Å². The molecule has 174 valence electrons. The van der Waals surface area contributed by atoms with Gasteiger partial charge in [-0.05, 0) is 84.1 Å². The maximum atomic E-state index is 12.6. The van der Waals surface area contributed by atoms with E-state index in [0.29, 0.717) is 12.2 Å². The van der Waals surface area contributed by atoms with Crippen molar-refractivity contribution >= 4 is 24.9 Å². The van der Waals surface area contributed by atoms with Crippen LogP contribution in [-0.2, 0) is 21.3 Å². The summed E-state index contributed by atoms with van der Waals surface area (Å²) in [6.45, 7) is 15.1. The quantitative estimate of drug-likeness (QED) is 0.343. The Bertz CT molecular complexity index is 805. The highest BCUT2D eigenvalue weighted by atomic mass is 32.1. The van der Waals surface area contributed by atoms with Gasteiger partial charge in [0.05, 0.1) is 6.04 Å². The Balaban J connectivity index is 2.38. The third kappa shape index (κ3) is 6.31. The third-order valence-electron chi connectivity index (χ3n) is 5.55. The molecule has 1 aliphatic rings. The van der Waals surface area contributed by atoms with E-state index in [1.54, 1.807) is 26.8 Å². The number of amides is 1. The molecule has 2 atom stereocenters. The lowest BCUT2D eigenvalue weighted by molar-refractivity contribution is 0.0205. The van der Waals surface area contributed by atoms with Crippen molar-refractivity contribution in [2.24, 2.45) is 0 Å². The average molecular weight is 452 g/mol. The van der Waals surface area contributed by atoms with E-state index in [0.717, 1.165) is 24.0 Å². The van der Waals surface area contributed by atoms with Crippen LogP contribution in [0.3, 0.4) is 0 Å². The molecule has 0 fully saturated rings. The molecule has 0 saturated heterocycles. The van der Waals surface area contributed by atoms with Gasteiger partial charge in [-0.2, -0.15) is 12.6 Å². The molecule has 31 heavy (non-hydrogen) atoms. The van der Waals surface area contributed by atoms with E-state index in [1.807, 2.05) is 32.9 Å². The van der Waals surface area contributed by atoms with E-state index in [-0.39, 0.29) is 16.7 Å². The van der Waals surface area contributed by atoms with E-state index in [9.17, 15) is 9.59 Å². The normalized spacial score (nSPS) is 20.4. The average Bonchev–Trinajstić information content (AvgIpc) is 2.60. The van der Waals surface area contributed by atoms with E-state index < -0.39 is 23.5 Å². The highest BCUT2D eigenvalue weighted by molar-refractivity contribution is 7.81. The van der Waals surface area contributed by atoms with Gasteiger partial charge in [-0.15, -0.1) is 0 Å². The number of thiol groups is 1. The minimum absolute atomic E-state index is 0.0717. The first-order chi connectivity index (χ1) is 14.2. The topological polar surface area (TPSA) is 73.9 Å². The van der Waals surface area contributed by atoms with Crippen molar-refractivity contribution < 1.29 is 23.8 Å². The number of benzene rings is 1. The first kappa shape index (κ1) is 25.4. The van der Waals surface area contributed by atoms with Gasteiger partial charge >= 0.3 is 12.2 Å². The minimum Gasteiger partial charge on any atom is -0.444 e. The second kappa shape index (κ2) is 9.31. The molecule has 7 heteroatoms. The molecule has 0 spiro atoms. The van der Waals surface area contributed by atoms with Crippen LogP contribution in [0.1, 0.15) is 79.4 Å². The standard InChI is InChI=1S/C24H37NO5S/c1-9-24(10-2)17-14-16(28-21(27)30-23(6,7)8)12-11-15(17)13-18(31)19(24)25-20(26)29-22(3,4)5/h11-12,14,18-19,31H,9-10,13H2,1-8H3,(H,25,26)/t18-,19+/m1/s1. The molecule has 0 aromatic heterocycles. The summed E-state index contributed by atoms with van der Waals surface area (Å²) in [6, 6.07) is 5.42. The number of alkyl carbamates (subject to hydrolysis) is 1. The SMILES string of the molecule is CCC1(CC)c2cc(OC(=O)OC(C)(C)C)ccc2C[C@@H](S)[C@@H]1NC(=O)OC(C)(C)C. The number of rotatable bonds is 4. The molecule has 1 aromatic rings. The molecule has 0 unspecified atom stereocenters. The van der Waals surface area contributed by atoms with Crippen LogP contribution in [0.4, 0.5) is 9.59 Å². The number of carbonyl (C=O) groups excluding carboxylic acids is 2. The minimum atomic E-state index is -0.739. The van der Waals surface area contributed by atoms with Gasteiger partial charge in [-0.25, -0.2) is 9.59 Å². The van der Waals surface area contributed by atoms with Crippen LogP contribution in [0.15, 0.2) is 18.2 Å². The fourth-order valence-corrected chi connectivity index (χ4v) is 4.80. The Kier molecular flexibility index (Phi) is 7.62. The van der Waals surface area contributed by atoms with E-state index in [4.69, 9.17) is 26.8 Å². The molecular weight excluding hydrogens is 414 g/mol. The molecule has 1 aliphatic carbocycles. The predicted octanol–water partition coefficient (Wildman–Crippen LogP) is 5.81. The number of carbonyl (C=O) groups is 2. The van der Waals surface area contributed by atoms with Crippen molar-refractivity contribution in [2.75, 3.05) is 0 Å². The van der Waals surface area contributed by atoms with E-state index >= 15 is 0 Å². The Morgan fingerprint density at radius 3 is 2.16 bits per heavy atom. The molecule has 1 aromatic carbocycles. The number of nitrogens with one attached hydrogen (secondary N) is 1. The maximum Gasteiger partial charge on any atom is 0.514 e. The molecule has 1 amide bonds. The lowest BCUT2D eigenvalue weighted by Crippen LogP contribution is -2.58. The molecule has 0 aliphatic heterocycles. The largest absolute Gasteiger partial charge is 0.514 e. The van der Waals surface area contributed by atoms with Crippen molar-refractivity contribution in [2.45, 2.75) is 103 Å². The zero-order valence-corrected chi connectivity index (χ0v) is 20.9. The van der Waals surface area contributed by atoms with Gasteiger partial charge in [0.15, 0.2) is 0 Å². The number of hydrogen-bond acceptors (Lipinski definition) is 6. The lowest BCUT2D eigenvalue weighted by Gasteiger charge is -2.48. The van der Waals surface area contributed by atoms with Crippen LogP contribution in [-0.4, -0.2) is 34.7 Å². The summed E-state index contributed by atoms with van der Waals surface area (Å²) in [5, 5.41) is 3.01. The van der Waals surface area contributed by atoms with E-state index in [2.05, 4.69) is 19.2 Å². The first-order valence-electron chi connectivity index (χ1n) is 10.9. The van der Waals surface area contributed by atoms with Gasteiger partial charge in [0, 0.05) is 10.7 Å². The van der Waals surface area contributed by atoms with Crippen molar-refractivity contribution in [1.82, 2.24) is 5.32 Å². The highest BCUT2D eigenvalue weighted by Gasteiger charge is 2.47. The fourth-order valence-electron chi connectivity index (χ4n) is 4.25. The Labute approximate surface area is 191 Å². The van der Waals surface area contributed by atoms with Crippen LogP contribution in [0.2, 0.25) is 0 Å². The smallest absolute Gasteiger partial charge is 0.444 e. The number of fused-ring (bicyclic) bond motifs is 1. The van der Waals surface area contributed by atoms with Gasteiger partial charge in [0.1, 0.15) is 17.0 Å². The summed E-state index contributed by atoms with van der Waals surface area (Å²) in [4.78, 5) is 24.8. The van der Waals surface area contributed by atoms with Crippen molar-refractivity contribution in [1.29, 1.82) is 0 Å². The molecule has 2 rings (SSSR count). The van der Waals surface area contributed by atoms with Crippen molar-refractivity contribution in [3.05, 3.63) is 29.3 Å². The summed E-state index contributed by atoms with van der Waals surface area (Å²) >= 11 is 4.84. The lowest BCUT2D eigenvalue weighted by atomic mass is 9.63. The van der Waals surface area contributed by atoms with Gasteiger partial charge < -0.3 is 19.5 Å². The molecule has 1 N–H and O–H groups in total. The van der Waals surface area contributed by atoms with Gasteiger partial charge in [0.2, 0.25) is 0 Å². The first-order valence-corrected chi connectivity index (χ1v) is 11.4. The maximum absolute atomic E-state index is 12.6. The molecule has 0 radical (unpaired) electrons. The Morgan fingerprint density at radius 2 is 1.65 bits per heavy atom. The summed E-state index contributed by atoms with van der Waals surface area (Å²) in [7, 11) is 0. The fraction of sp³-hybridized carbons (Fsp3) is 0.667. The summed E-state index contributed by atoms with van der Waals surface area (Å²) in [6.07, 6.45) is 1.06. The Morgan fingerprint density at radius 1 is 1.06 bits per heavy atom. The van der Waals surface area contributed by atoms with Gasteiger partial charge in [0.25, 0.3) is 0 Å². The third-order valence-corrected chi connectivity index (χ3v) is 6.03. The molecule has 0 heterocycles. The van der Waals surface area contributed by atoms with Crippen LogP contribution in [0.25, 0.3) is 0 Å². The van der Waals surface area contributed by atoms with Gasteiger partial charge in [-0.1, -0.05) is 19.9 Å². The summed E-state index contributed by atoms with van der Waals surface area (Å²) in [5.41, 5.74) is 0.610. The number of ether oxygens (including phenoxy) is 3. The zero-order valence-electron chi connectivity index (χ0n) is 20.0. The second-order valence-electron chi connectivity index (χ2n) is 10.1. The summed E-state index contributed by atoms with van der Waals surface area (Å²) in [5.74, 6) is 0.424. The van der Waals surface area contributed by atoms with E-state index in [1.165, 1.54) is 0 Å². The molecule has 0 saturated carbocycles. The molecular formula is C24H37NO5S. The highest BCUT2D eigenvalue weighted by Crippen LogP contribution is 2.45. The monoisotopic (exact) mass is 451 g/mol. The second-order valence-corrected chi connectivity index (χ2v) is 10.8. The van der Waals surface area contributed by atoms with Crippen LogP contribution in [0.5, 0.6) is 5.75 Å². The van der Waals surface area contributed by atoms with Crippen LogP contribution >= 0.6 is 12.6 Å². The van der Waals surface area contributed by atoms with Crippen LogP contribution in [0, 0.1) is 0 Å². The number of hydrogen-bond donors (Lipinski definition) is 2. The molecule has 0 bridgehead atoms. The van der Waals surface area contributed by atoms with Crippen molar-refractivity contribution in [3.63, 3.8) is 0 Å². The zero-order chi connectivity index (χ0) is 23.6. The molecule has 6 nitrogen and oxygen atoms in total. The van der Waals surface area contributed by atoms with Gasteiger partial charge in [-0.3, -0.25) is 0 Å².